The molecule has 1 aromatic rings. The van der Waals surface area contributed by atoms with Crippen molar-refractivity contribution < 1.29 is 4.74 Å². The minimum absolute atomic E-state index is 0.308. The van der Waals surface area contributed by atoms with Crippen molar-refractivity contribution in [1.29, 1.82) is 0 Å². The molecule has 0 heterocycles. The molecule has 0 aliphatic rings. The van der Waals surface area contributed by atoms with Crippen molar-refractivity contribution in [3.8, 4) is 5.75 Å². The fraction of sp³-hybridized carbons (Fsp3) is 0.222. The lowest BCUT2D eigenvalue weighted by molar-refractivity contribution is 0.414. The average molecular weight is 196 g/mol. The molecule has 0 aliphatic carbocycles. The highest BCUT2D eigenvalue weighted by molar-refractivity contribution is 7.80. The van der Waals surface area contributed by atoms with Gasteiger partial charge in [-0.05, 0) is 29.9 Å². The van der Waals surface area contributed by atoms with E-state index in [-0.39, 0.29) is 0 Å². The van der Waals surface area contributed by atoms with Gasteiger partial charge in [-0.1, -0.05) is 12.1 Å². The largest absolute Gasteiger partial charge is 0.497 e. The number of hydrogen-bond donors (Lipinski definition) is 2. The van der Waals surface area contributed by atoms with E-state index in [2.05, 4.69) is 5.32 Å². The van der Waals surface area contributed by atoms with Crippen molar-refractivity contribution in [3.63, 3.8) is 0 Å². The molecule has 4 heteroatoms. The quantitative estimate of drug-likeness (QED) is 0.709. The van der Waals surface area contributed by atoms with Crippen molar-refractivity contribution in [2.24, 2.45) is 5.73 Å². The second-order valence-electron chi connectivity index (χ2n) is 2.57. The van der Waals surface area contributed by atoms with Gasteiger partial charge in [0.1, 0.15) is 5.75 Å². The Morgan fingerprint density at radius 3 is 3.00 bits per heavy atom. The number of rotatable bonds is 3. The summed E-state index contributed by atoms with van der Waals surface area (Å²) in [5, 5.41) is 3.17. The van der Waals surface area contributed by atoms with E-state index in [4.69, 9.17) is 22.7 Å². The van der Waals surface area contributed by atoms with Gasteiger partial charge in [-0.25, -0.2) is 0 Å². The molecule has 0 amide bonds. The van der Waals surface area contributed by atoms with E-state index in [0.717, 1.165) is 11.3 Å². The van der Waals surface area contributed by atoms with Crippen LogP contribution in [0.25, 0.3) is 0 Å². The highest BCUT2D eigenvalue weighted by Gasteiger charge is 1.95. The van der Waals surface area contributed by atoms with Gasteiger partial charge in [-0.15, -0.1) is 0 Å². The molecular formula is C9H12N2OS. The van der Waals surface area contributed by atoms with Crippen molar-refractivity contribution >= 4 is 17.3 Å². The third-order valence-electron chi connectivity index (χ3n) is 1.60. The minimum Gasteiger partial charge on any atom is -0.497 e. The van der Waals surface area contributed by atoms with Gasteiger partial charge in [0, 0.05) is 6.54 Å². The topological polar surface area (TPSA) is 47.3 Å². The lowest BCUT2D eigenvalue weighted by Crippen LogP contribution is -2.28. The number of ether oxygens (including phenoxy) is 1. The molecule has 3 nitrogen and oxygen atoms in total. The number of nitrogens with one attached hydrogen (secondary N) is 1. The predicted octanol–water partition coefficient (Wildman–Crippen LogP) is 1.03. The van der Waals surface area contributed by atoms with Crippen LogP contribution in [-0.2, 0) is 6.54 Å². The molecule has 0 aliphatic heterocycles. The Bertz CT molecular complexity index is 301. The monoisotopic (exact) mass is 196 g/mol. The standard InChI is InChI=1S/C9H12N2OS/c1-12-8-4-2-3-7(5-8)6-11-9(10)13/h2-5H,6H2,1H3,(H3,10,11,13). The first-order chi connectivity index (χ1) is 6.22. The lowest BCUT2D eigenvalue weighted by atomic mass is 10.2. The molecule has 0 atom stereocenters. The Morgan fingerprint density at radius 1 is 1.62 bits per heavy atom. The van der Waals surface area contributed by atoms with E-state index in [1.807, 2.05) is 24.3 Å². The van der Waals surface area contributed by atoms with E-state index in [0.29, 0.717) is 11.7 Å². The summed E-state index contributed by atoms with van der Waals surface area (Å²) in [6.07, 6.45) is 0. The van der Waals surface area contributed by atoms with E-state index in [9.17, 15) is 0 Å². The zero-order chi connectivity index (χ0) is 9.68. The molecule has 0 unspecified atom stereocenters. The van der Waals surface area contributed by atoms with Crippen LogP contribution in [0.15, 0.2) is 24.3 Å². The van der Waals surface area contributed by atoms with E-state index >= 15 is 0 Å². The molecule has 1 aromatic carbocycles. The number of methoxy groups -OCH3 is 1. The van der Waals surface area contributed by atoms with Crippen LogP contribution in [-0.4, -0.2) is 12.2 Å². The van der Waals surface area contributed by atoms with Gasteiger partial charge in [-0.2, -0.15) is 0 Å². The predicted molar refractivity (Wildman–Crippen MR) is 56.6 cm³/mol. The summed E-state index contributed by atoms with van der Waals surface area (Å²) in [6, 6.07) is 7.73. The van der Waals surface area contributed by atoms with E-state index in [1.165, 1.54) is 0 Å². The van der Waals surface area contributed by atoms with Crippen LogP contribution in [0.1, 0.15) is 5.56 Å². The molecule has 0 radical (unpaired) electrons. The summed E-state index contributed by atoms with van der Waals surface area (Å²) >= 11 is 4.69. The SMILES string of the molecule is COc1cccc(CNC(N)=S)c1. The van der Waals surface area contributed by atoms with Crippen LogP contribution in [0.2, 0.25) is 0 Å². The maximum atomic E-state index is 5.30. The number of thiocarbonyl (C=S) groups is 1. The number of nitrogens with two attached hydrogens (primary N) is 1. The van der Waals surface area contributed by atoms with Gasteiger partial charge < -0.3 is 15.8 Å². The Labute approximate surface area is 82.9 Å². The van der Waals surface area contributed by atoms with Crippen LogP contribution < -0.4 is 15.8 Å². The van der Waals surface area contributed by atoms with Crippen molar-refractivity contribution in [2.45, 2.75) is 6.54 Å². The normalized spacial score (nSPS) is 9.31. The molecular weight excluding hydrogens is 184 g/mol. The zero-order valence-electron chi connectivity index (χ0n) is 7.41. The van der Waals surface area contributed by atoms with Gasteiger partial charge in [-0.3, -0.25) is 0 Å². The van der Waals surface area contributed by atoms with Crippen molar-refractivity contribution in [1.82, 2.24) is 5.32 Å². The van der Waals surface area contributed by atoms with Crippen LogP contribution >= 0.6 is 12.2 Å². The molecule has 0 saturated heterocycles. The Kier molecular flexibility index (Phi) is 3.52. The molecule has 0 fully saturated rings. The van der Waals surface area contributed by atoms with Crippen LogP contribution in [0, 0.1) is 0 Å². The summed E-state index contributed by atoms with van der Waals surface area (Å²) in [5.74, 6) is 0.835. The lowest BCUT2D eigenvalue weighted by Gasteiger charge is -2.05. The maximum Gasteiger partial charge on any atom is 0.163 e. The molecule has 1 rings (SSSR count). The van der Waals surface area contributed by atoms with Crippen LogP contribution in [0.3, 0.4) is 0 Å². The molecule has 0 bridgehead atoms. The average Bonchev–Trinajstić information content (AvgIpc) is 2.15. The third-order valence-corrected chi connectivity index (χ3v) is 1.75. The fourth-order valence-electron chi connectivity index (χ4n) is 0.972. The Hall–Kier alpha value is -1.29. The Morgan fingerprint density at radius 2 is 2.38 bits per heavy atom. The van der Waals surface area contributed by atoms with Gasteiger partial charge in [0.2, 0.25) is 0 Å². The first kappa shape index (κ1) is 9.80. The molecule has 70 valence electrons. The van der Waals surface area contributed by atoms with Gasteiger partial charge in [0.05, 0.1) is 7.11 Å². The third kappa shape index (κ3) is 3.29. The zero-order valence-corrected chi connectivity index (χ0v) is 8.23. The molecule has 13 heavy (non-hydrogen) atoms. The highest BCUT2D eigenvalue weighted by Crippen LogP contribution is 2.11. The Balaban J connectivity index is 2.61. The summed E-state index contributed by atoms with van der Waals surface area (Å²) in [4.78, 5) is 0. The highest BCUT2D eigenvalue weighted by atomic mass is 32.1. The fourth-order valence-corrected chi connectivity index (χ4v) is 1.04. The molecule has 0 aromatic heterocycles. The maximum absolute atomic E-state index is 5.30. The molecule has 3 N–H and O–H groups in total. The number of hydrogen-bond acceptors (Lipinski definition) is 2. The molecule has 0 spiro atoms. The summed E-state index contributed by atoms with van der Waals surface area (Å²) in [5.41, 5.74) is 6.39. The van der Waals surface area contributed by atoms with E-state index < -0.39 is 0 Å². The molecule has 0 saturated carbocycles. The van der Waals surface area contributed by atoms with Gasteiger partial charge >= 0.3 is 0 Å². The summed E-state index contributed by atoms with van der Waals surface area (Å²) < 4.78 is 5.07. The van der Waals surface area contributed by atoms with Gasteiger partial charge in [0.15, 0.2) is 5.11 Å². The van der Waals surface area contributed by atoms with Crippen molar-refractivity contribution in [3.05, 3.63) is 29.8 Å². The first-order valence-electron chi connectivity index (χ1n) is 3.88. The van der Waals surface area contributed by atoms with Crippen LogP contribution in [0.4, 0.5) is 0 Å². The number of benzene rings is 1. The minimum atomic E-state index is 0.308. The smallest absolute Gasteiger partial charge is 0.163 e. The summed E-state index contributed by atoms with van der Waals surface area (Å²) in [7, 11) is 1.64. The second kappa shape index (κ2) is 4.67. The van der Waals surface area contributed by atoms with Crippen LogP contribution in [0.5, 0.6) is 5.75 Å². The first-order valence-corrected chi connectivity index (χ1v) is 4.29. The van der Waals surface area contributed by atoms with E-state index in [1.54, 1.807) is 7.11 Å². The second-order valence-corrected chi connectivity index (χ2v) is 3.01. The van der Waals surface area contributed by atoms with Gasteiger partial charge in [0.25, 0.3) is 0 Å². The summed E-state index contributed by atoms with van der Waals surface area (Å²) in [6.45, 7) is 0.631. The van der Waals surface area contributed by atoms with Crippen molar-refractivity contribution in [2.75, 3.05) is 7.11 Å².